The van der Waals surface area contributed by atoms with Gasteiger partial charge in [0.2, 0.25) is 0 Å². The topological polar surface area (TPSA) is 70.1 Å². The van der Waals surface area contributed by atoms with Gasteiger partial charge in [0.1, 0.15) is 11.5 Å². The number of hydrogen-bond donors (Lipinski definition) is 1. The van der Waals surface area contributed by atoms with Crippen LogP contribution in [0, 0.1) is 6.92 Å². The molecule has 1 aliphatic heterocycles. The molecular weight excluding hydrogens is 476 g/mol. The molecule has 38 heavy (non-hydrogen) atoms. The minimum Gasteiger partial charge on any atom is -0.507 e. The van der Waals surface area contributed by atoms with Gasteiger partial charge in [-0.25, -0.2) is 0 Å². The number of likely N-dealkylation sites (tertiary alicyclic amines) is 1. The third-order valence-electron chi connectivity index (χ3n) is 7.39. The summed E-state index contributed by atoms with van der Waals surface area (Å²) < 4.78 is 5.87. The predicted octanol–water partition coefficient (Wildman–Crippen LogP) is 6.23. The number of hydrogen-bond acceptors (Lipinski definition) is 5. The Balaban J connectivity index is 2.07. The van der Waals surface area contributed by atoms with Crippen LogP contribution in [0.15, 0.2) is 48.0 Å². The second kappa shape index (κ2) is 12.6. The van der Waals surface area contributed by atoms with Gasteiger partial charge in [-0.1, -0.05) is 72.2 Å². The van der Waals surface area contributed by atoms with E-state index < -0.39 is 17.7 Å². The molecule has 1 amide bonds. The number of nitrogens with zero attached hydrogens (tertiary/aromatic N) is 2. The van der Waals surface area contributed by atoms with Gasteiger partial charge in [0.05, 0.1) is 18.2 Å². The van der Waals surface area contributed by atoms with Crippen molar-refractivity contribution in [3.8, 4) is 5.75 Å². The van der Waals surface area contributed by atoms with Gasteiger partial charge < -0.3 is 19.6 Å². The molecule has 6 nitrogen and oxygen atoms in total. The van der Waals surface area contributed by atoms with E-state index in [-0.39, 0.29) is 16.7 Å². The third kappa shape index (κ3) is 6.47. The predicted molar refractivity (Wildman–Crippen MR) is 154 cm³/mol. The quantitative estimate of drug-likeness (QED) is 0.164. The van der Waals surface area contributed by atoms with Crippen molar-refractivity contribution < 1.29 is 19.4 Å². The highest BCUT2D eigenvalue weighted by molar-refractivity contribution is 6.46. The molecule has 1 N–H and O–H groups in total. The Labute approximate surface area is 228 Å². The van der Waals surface area contributed by atoms with Gasteiger partial charge in [0.25, 0.3) is 11.7 Å². The number of unbranched alkanes of at least 4 members (excludes halogenated alkanes) is 1. The van der Waals surface area contributed by atoms with Crippen LogP contribution in [-0.2, 0) is 15.0 Å². The minimum atomic E-state index is -0.652. The molecule has 1 fully saturated rings. The zero-order valence-electron chi connectivity index (χ0n) is 24.1. The molecule has 6 heteroatoms. The highest BCUT2D eigenvalue weighted by atomic mass is 16.5. The monoisotopic (exact) mass is 520 g/mol. The Morgan fingerprint density at radius 2 is 1.68 bits per heavy atom. The van der Waals surface area contributed by atoms with E-state index >= 15 is 0 Å². The Hall–Kier alpha value is -3.12. The molecule has 1 heterocycles. The summed E-state index contributed by atoms with van der Waals surface area (Å²) in [4.78, 5) is 30.6. The normalized spacial score (nSPS) is 17.5. The molecule has 1 saturated heterocycles. The molecule has 0 spiro atoms. The molecule has 2 aromatic carbocycles. The first-order valence-electron chi connectivity index (χ1n) is 13.9. The third-order valence-corrected chi connectivity index (χ3v) is 7.39. The fraction of sp³-hybridized carbons (Fsp3) is 0.500. The molecule has 0 saturated carbocycles. The highest BCUT2D eigenvalue weighted by Gasteiger charge is 2.46. The number of ether oxygens (including phenoxy) is 1. The average molecular weight is 521 g/mol. The van der Waals surface area contributed by atoms with E-state index in [0.29, 0.717) is 25.3 Å². The van der Waals surface area contributed by atoms with Gasteiger partial charge in [-0.3, -0.25) is 9.59 Å². The van der Waals surface area contributed by atoms with E-state index in [4.69, 9.17) is 4.74 Å². The number of aliphatic hydroxyl groups excluding tert-OH is 1. The van der Waals surface area contributed by atoms with E-state index in [9.17, 15) is 14.7 Å². The molecule has 0 unspecified atom stereocenters. The van der Waals surface area contributed by atoms with Crippen molar-refractivity contribution in [2.24, 2.45) is 0 Å². The molecule has 0 bridgehead atoms. The van der Waals surface area contributed by atoms with Crippen molar-refractivity contribution in [2.75, 3.05) is 32.8 Å². The van der Waals surface area contributed by atoms with Crippen molar-refractivity contribution in [1.82, 2.24) is 9.80 Å². The molecule has 2 aromatic rings. The SMILES string of the molecule is CCCCOc1ccc(C(O)=C2C(=O)C(=O)N(CCN(CC)CC)[C@H]2c2ccc(C(C)(C)C)cc2)cc1C. The van der Waals surface area contributed by atoms with Gasteiger partial charge in [0, 0.05) is 18.7 Å². The Morgan fingerprint density at radius 1 is 1.03 bits per heavy atom. The summed E-state index contributed by atoms with van der Waals surface area (Å²) in [6, 6.07) is 12.8. The van der Waals surface area contributed by atoms with Gasteiger partial charge in [-0.15, -0.1) is 0 Å². The van der Waals surface area contributed by atoms with Crippen LogP contribution in [0.3, 0.4) is 0 Å². The van der Waals surface area contributed by atoms with Gasteiger partial charge in [0.15, 0.2) is 0 Å². The van der Waals surface area contributed by atoms with E-state index in [1.807, 2.05) is 43.3 Å². The van der Waals surface area contributed by atoms with Crippen LogP contribution in [0.2, 0.25) is 0 Å². The lowest BCUT2D eigenvalue weighted by molar-refractivity contribution is -0.140. The van der Waals surface area contributed by atoms with E-state index in [1.165, 1.54) is 0 Å². The van der Waals surface area contributed by atoms with E-state index in [2.05, 4.69) is 46.4 Å². The second-order valence-corrected chi connectivity index (χ2v) is 11.1. The van der Waals surface area contributed by atoms with Crippen LogP contribution < -0.4 is 4.74 Å². The van der Waals surface area contributed by atoms with Gasteiger partial charge >= 0.3 is 0 Å². The summed E-state index contributed by atoms with van der Waals surface area (Å²) in [5.74, 6) is -0.612. The number of Topliss-reactive ketones (excluding diaryl/α,β-unsaturated/α-hetero) is 1. The molecule has 0 radical (unpaired) electrons. The van der Waals surface area contributed by atoms with Crippen LogP contribution in [0.4, 0.5) is 0 Å². The number of likely N-dealkylation sites (N-methyl/N-ethyl adjacent to an activating group) is 1. The molecular formula is C32H44N2O4. The number of amides is 1. The number of benzene rings is 2. The summed E-state index contributed by atoms with van der Waals surface area (Å²) in [7, 11) is 0. The fourth-order valence-corrected chi connectivity index (χ4v) is 4.85. The number of carbonyl (C=O) groups is 2. The van der Waals surface area contributed by atoms with Crippen molar-refractivity contribution >= 4 is 17.4 Å². The number of aryl methyl sites for hydroxylation is 1. The average Bonchev–Trinajstić information content (AvgIpc) is 3.14. The van der Waals surface area contributed by atoms with Crippen molar-refractivity contribution in [3.05, 3.63) is 70.3 Å². The highest BCUT2D eigenvalue weighted by Crippen LogP contribution is 2.40. The lowest BCUT2D eigenvalue weighted by Gasteiger charge is -2.28. The van der Waals surface area contributed by atoms with Crippen LogP contribution in [0.25, 0.3) is 5.76 Å². The maximum Gasteiger partial charge on any atom is 0.295 e. The molecule has 0 aliphatic carbocycles. The number of ketones is 1. The van der Waals surface area contributed by atoms with Gasteiger partial charge in [-0.05, 0) is 66.7 Å². The summed E-state index contributed by atoms with van der Waals surface area (Å²) in [6.07, 6.45) is 2.01. The summed E-state index contributed by atoms with van der Waals surface area (Å²) in [5, 5.41) is 11.5. The summed E-state index contributed by atoms with van der Waals surface area (Å²) in [6.45, 7) is 18.0. The van der Waals surface area contributed by atoms with Crippen LogP contribution >= 0.6 is 0 Å². The van der Waals surface area contributed by atoms with Crippen LogP contribution in [0.5, 0.6) is 5.75 Å². The molecule has 1 atom stereocenters. The van der Waals surface area contributed by atoms with Crippen LogP contribution in [-0.4, -0.2) is 59.4 Å². The maximum absolute atomic E-state index is 13.4. The fourth-order valence-electron chi connectivity index (χ4n) is 4.85. The smallest absolute Gasteiger partial charge is 0.295 e. The molecule has 1 aliphatic rings. The number of rotatable bonds is 11. The first-order valence-corrected chi connectivity index (χ1v) is 13.9. The summed E-state index contributed by atoms with van der Waals surface area (Å²) >= 11 is 0. The molecule has 206 valence electrons. The first-order chi connectivity index (χ1) is 18.0. The zero-order chi connectivity index (χ0) is 28.0. The minimum absolute atomic E-state index is 0.0262. The summed E-state index contributed by atoms with van der Waals surface area (Å²) in [5.41, 5.74) is 3.46. The Morgan fingerprint density at radius 3 is 2.24 bits per heavy atom. The lowest BCUT2D eigenvalue weighted by Crippen LogP contribution is -2.38. The molecule has 3 rings (SSSR count). The Bertz CT molecular complexity index is 1160. The van der Waals surface area contributed by atoms with E-state index in [1.54, 1.807) is 11.0 Å². The van der Waals surface area contributed by atoms with E-state index in [0.717, 1.165) is 48.4 Å². The second-order valence-electron chi connectivity index (χ2n) is 11.1. The number of aliphatic hydroxyl groups is 1. The maximum atomic E-state index is 13.4. The largest absolute Gasteiger partial charge is 0.507 e. The van der Waals surface area contributed by atoms with Crippen molar-refractivity contribution in [1.29, 1.82) is 0 Å². The van der Waals surface area contributed by atoms with Gasteiger partial charge in [-0.2, -0.15) is 0 Å². The van der Waals surface area contributed by atoms with Crippen molar-refractivity contribution in [2.45, 2.75) is 72.8 Å². The number of carbonyl (C=O) groups excluding carboxylic acids is 2. The van der Waals surface area contributed by atoms with Crippen molar-refractivity contribution in [3.63, 3.8) is 0 Å². The zero-order valence-corrected chi connectivity index (χ0v) is 24.1. The molecule has 0 aromatic heterocycles. The standard InChI is InChI=1S/C32H44N2O4/c1-8-11-20-38-26-17-14-24(21-22(26)4)29(35)27-28(23-12-15-25(16-13-23)32(5,6)7)34(31(37)30(27)36)19-18-33(9-2)10-3/h12-17,21,28,35H,8-11,18-20H2,1-7H3/t28-/m0/s1. The Kier molecular flexibility index (Phi) is 9.77. The first kappa shape index (κ1) is 29.4. The van der Waals surface area contributed by atoms with Crippen LogP contribution in [0.1, 0.15) is 82.7 Å². The lowest BCUT2D eigenvalue weighted by atomic mass is 9.85.